The van der Waals surface area contributed by atoms with Crippen molar-refractivity contribution >= 4 is 17.4 Å². The van der Waals surface area contributed by atoms with E-state index in [0.29, 0.717) is 11.2 Å². The zero-order valence-corrected chi connectivity index (χ0v) is 11.3. The maximum absolute atomic E-state index is 5.90. The van der Waals surface area contributed by atoms with E-state index in [1.165, 1.54) is 38.8 Å². The van der Waals surface area contributed by atoms with Crippen LogP contribution in [-0.2, 0) is 0 Å². The second-order valence-corrected chi connectivity index (χ2v) is 5.57. The van der Waals surface area contributed by atoms with Gasteiger partial charge in [-0.1, -0.05) is 18.0 Å². The Bertz CT molecular complexity index is 406. The highest BCUT2D eigenvalue weighted by Gasteiger charge is 2.29. The lowest BCUT2D eigenvalue weighted by atomic mass is 10.1. The van der Waals surface area contributed by atoms with Gasteiger partial charge in [0.1, 0.15) is 11.0 Å². The lowest BCUT2D eigenvalue weighted by molar-refractivity contribution is 0.175. The lowest BCUT2D eigenvalue weighted by Gasteiger charge is -2.32. The molecule has 0 aromatic carbocycles. The molecule has 1 unspecified atom stereocenters. The minimum Gasteiger partial charge on any atom is -0.354 e. The summed E-state index contributed by atoms with van der Waals surface area (Å²) in [7, 11) is 0. The molecule has 3 heterocycles. The Morgan fingerprint density at radius 3 is 2.72 bits per heavy atom. The van der Waals surface area contributed by atoms with E-state index in [4.69, 9.17) is 11.6 Å². The van der Waals surface area contributed by atoms with Gasteiger partial charge in [0.15, 0.2) is 0 Å². The molecule has 1 atom stereocenters. The van der Waals surface area contributed by atoms with Crippen LogP contribution in [0.25, 0.3) is 0 Å². The zero-order chi connectivity index (χ0) is 12.4. The van der Waals surface area contributed by atoms with Crippen LogP contribution < -0.4 is 4.90 Å². The predicted octanol–water partition coefficient (Wildman–Crippen LogP) is 2.19. The third-order valence-electron chi connectivity index (χ3n) is 3.99. The summed E-state index contributed by atoms with van der Waals surface area (Å²) in [6, 6.07) is 0.686. The van der Waals surface area contributed by atoms with Crippen molar-refractivity contribution in [1.82, 2.24) is 14.9 Å². The Balaban J connectivity index is 1.64. The Kier molecular flexibility index (Phi) is 3.66. The molecule has 2 fully saturated rings. The molecule has 2 aliphatic heterocycles. The Morgan fingerprint density at radius 1 is 1.11 bits per heavy atom. The normalized spacial score (nSPS) is 25.6. The van der Waals surface area contributed by atoms with Gasteiger partial charge in [-0.05, 0) is 32.4 Å². The van der Waals surface area contributed by atoms with Gasteiger partial charge in [-0.25, -0.2) is 4.98 Å². The SMILES string of the molecule is Clc1cncc(N2CCC(N3CCCCC3)C2)n1. The van der Waals surface area contributed by atoms with Crippen LogP contribution in [0.3, 0.4) is 0 Å². The quantitative estimate of drug-likeness (QED) is 0.822. The first-order valence-electron chi connectivity index (χ1n) is 6.79. The van der Waals surface area contributed by atoms with Gasteiger partial charge < -0.3 is 4.90 Å². The summed E-state index contributed by atoms with van der Waals surface area (Å²) < 4.78 is 0. The lowest BCUT2D eigenvalue weighted by Crippen LogP contribution is -2.40. The topological polar surface area (TPSA) is 32.3 Å². The van der Waals surface area contributed by atoms with Crippen LogP contribution in [0.1, 0.15) is 25.7 Å². The molecule has 3 rings (SSSR count). The Labute approximate surface area is 113 Å². The highest BCUT2D eigenvalue weighted by atomic mass is 35.5. The van der Waals surface area contributed by atoms with Crippen LogP contribution in [0.2, 0.25) is 5.15 Å². The van der Waals surface area contributed by atoms with Gasteiger partial charge in [0.2, 0.25) is 0 Å². The maximum Gasteiger partial charge on any atom is 0.149 e. The summed E-state index contributed by atoms with van der Waals surface area (Å²) in [6.07, 6.45) is 8.73. The number of likely N-dealkylation sites (tertiary alicyclic amines) is 1. The molecule has 5 heteroatoms. The molecule has 4 nitrogen and oxygen atoms in total. The molecule has 0 radical (unpaired) electrons. The summed E-state index contributed by atoms with van der Waals surface area (Å²) >= 11 is 5.90. The smallest absolute Gasteiger partial charge is 0.149 e. The van der Waals surface area contributed by atoms with Crippen LogP contribution in [0.15, 0.2) is 12.4 Å². The van der Waals surface area contributed by atoms with Crippen molar-refractivity contribution in [2.75, 3.05) is 31.1 Å². The molecule has 0 aliphatic carbocycles. The van der Waals surface area contributed by atoms with E-state index in [-0.39, 0.29) is 0 Å². The molecule has 0 N–H and O–H groups in total. The van der Waals surface area contributed by atoms with Crippen molar-refractivity contribution in [2.45, 2.75) is 31.7 Å². The average molecular weight is 267 g/mol. The molecule has 2 saturated heterocycles. The van der Waals surface area contributed by atoms with E-state index < -0.39 is 0 Å². The molecule has 1 aromatic heterocycles. The number of hydrogen-bond acceptors (Lipinski definition) is 4. The summed E-state index contributed by atoms with van der Waals surface area (Å²) in [5.41, 5.74) is 0. The van der Waals surface area contributed by atoms with Gasteiger partial charge in [-0.3, -0.25) is 9.88 Å². The molecule has 0 saturated carbocycles. The molecular formula is C13H19ClN4. The zero-order valence-electron chi connectivity index (χ0n) is 10.6. The van der Waals surface area contributed by atoms with Gasteiger partial charge in [-0.15, -0.1) is 0 Å². The van der Waals surface area contributed by atoms with Gasteiger partial charge >= 0.3 is 0 Å². The van der Waals surface area contributed by atoms with E-state index in [0.717, 1.165) is 18.9 Å². The van der Waals surface area contributed by atoms with Crippen LogP contribution >= 0.6 is 11.6 Å². The monoisotopic (exact) mass is 266 g/mol. The summed E-state index contributed by atoms with van der Waals surface area (Å²) in [5, 5.41) is 0.480. The number of halogens is 1. The predicted molar refractivity (Wildman–Crippen MR) is 73.1 cm³/mol. The van der Waals surface area contributed by atoms with E-state index in [2.05, 4.69) is 19.8 Å². The van der Waals surface area contributed by atoms with E-state index >= 15 is 0 Å². The van der Waals surface area contributed by atoms with Crippen LogP contribution in [0.4, 0.5) is 5.82 Å². The first-order chi connectivity index (χ1) is 8.83. The largest absolute Gasteiger partial charge is 0.354 e. The first-order valence-corrected chi connectivity index (χ1v) is 7.17. The third kappa shape index (κ3) is 2.59. The number of aromatic nitrogens is 2. The van der Waals surface area contributed by atoms with Crippen molar-refractivity contribution in [2.24, 2.45) is 0 Å². The number of anilines is 1. The summed E-state index contributed by atoms with van der Waals surface area (Å²) in [4.78, 5) is 13.4. The molecule has 0 spiro atoms. The maximum atomic E-state index is 5.90. The van der Waals surface area contributed by atoms with E-state index in [9.17, 15) is 0 Å². The molecular weight excluding hydrogens is 248 g/mol. The number of piperidine rings is 1. The summed E-state index contributed by atoms with van der Waals surface area (Å²) in [5.74, 6) is 0.919. The van der Waals surface area contributed by atoms with Gasteiger partial charge in [-0.2, -0.15) is 0 Å². The van der Waals surface area contributed by atoms with Crippen LogP contribution in [0, 0.1) is 0 Å². The number of nitrogens with zero attached hydrogens (tertiary/aromatic N) is 4. The molecule has 0 bridgehead atoms. The molecule has 2 aliphatic rings. The highest BCUT2D eigenvalue weighted by molar-refractivity contribution is 6.29. The fraction of sp³-hybridized carbons (Fsp3) is 0.692. The molecule has 98 valence electrons. The van der Waals surface area contributed by atoms with E-state index in [1.807, 2.05) is 6.20 Å². The summed E-state index contributed by atoms with van der Waals surface area (Å²) in [6.45, 7) is 4.66. The number of rotatable bonds is 2. The van der Waals surface area contributed by atoms with Gasteiger partial charge in [0.05, 0.1) is 12.4 Å². The fourth-order valence-corrected chi connectivity index (χ4v) is 3.16. The van der Waals surface area contributed by atoms with Crippen LogP contribution in [-0.4, -0.2) is 47.1 Å². The van der Waals surface area contributed by atoms with Gasteiger partial charge in [0, 0.05) is 19.1 Å². The number of hydrogen-bond donors (Lipinski definition) is 0. The first kappa shape index (κ1) is 12.2. The standard InChI is InChI=1S/C13H19ClN4/c14-12-8-15-9-13(16-12)18-7-4-11(10-18)17-5-2-1-3-6-17/h8-9,11H,1-7,10H2. The molecule has 1 aromatic rings. The second kappa shape index (κ2) is 5.41. The Morgan fingerprint density at radius 2 is 1.94 bits per heavy atom. The Hall–Kier alpha value is -0.870. The second-order valence-electron chi connectivity index (χ2n) is 5.19. The van der Waals surface area contributed by atoms with Crippen molar-refractivity contribution in [3.05, 3.63) is 17.5 Å². The average Bonchev–Trinajstić information content (AvgIpc) is 2.89. The minimum absolute atomic E-state index is 0.480. The highest BCUT2D eigenvalue weighted by Crippen LogP contribution is 2.24. The van der Waals surface area contributed by atoms with Crippen molar-refractivity contribution in [1.29, 1.82) is 0 Å². The third-order valence-corrected chi connectivity index (χ3v) is 4.17. The molecule has 0 amide bonds. The van der Waals surface area contributed by atoms with Crippen LogP contribution in [0.5, 0.6) is 0 Å². The minimum atomic E-state index is 0.480. The fourth-order valence-electron chi connectivity index (χ4n) is 3.02. The van der Waals surface area contributed by atoms with E-state index in [1.54, 1.807) is 6.20 Å². The van der Waals surface area contributed by atoms with Gasteiger partial charge in [0.25, 0.3) is 0 Å². The van der Waals surface area contributed by atoms with Crippen molar-refractivity contribution in [3.63, 3.8) is 0 Å². The molecule has 18 heavy (non-hydrogen) atoms. The van der Waals surface area contributed by atoms with Crippen molar-refractivity contribution in [3.8, 4) is 0 Å². The van der Waals surface area contributed by atoms with Crippen molar-refractivity contribution < 1.29 is 0 Å².